The van der Waals surface area contributed by atoms with Crippen LogP contribution in [-0.4, -0.2) is 51.5 Å². The van der Waals surface area contributed by atoms with Crippen LogP contribution in [0, 0.1) is 6.92 Å². The second kappa shape index (κ2) is 10.9. The van der Waals surface area contributed by atoms with Gasteiger partial charge in [0.2, 0.25) is 10.0 Å². The Morgan fingerprint density at radius 1 is 1.31 bits per heavy atom. The van der Waals surface area contributed by atoms with Crippen molar-refractivity contribution >= 4 is 39.7 Å². The minimum atomic E-state index is -4.15. The number of hydrogen-bond acceptors (Lipinski definition) is 8. The summed E-state index contributed by atoms with van der Waals surface area (Å²) in [4.78, 5) is 21.1. The number of nitrogens with one attached hydrogen (secondary N) is 1. The highest BCUT2D eigenvalue weighted by Gasteiger charge is 2.37. The Hall–Kier alpha value is -2.51. The largest absolute Gasteiger partial charge is 0.497 e. The third-order valence-electron chi connectivity index (χ3n) is 4.57. The molecule has 0 spiro atoms. The first-order valence-electron chi connectivity index (χ1n) is 9.22. The number of amides is 1. The van der Waals surface area contributed by atoms with Crippen molar-refractivity contribution in [1.82, 2.24) is 24.3 Å². The van der Waals surface area contributed by atoms with Crippen LogP contribution in [0.25, 0.3) is 0 Å². The lowest BCUT2D eigenvalue weighted by molar-refractivity contribution is -0.133. The molecule has 0 saturated carbocycles. The summed E-state index contributed by atoms with van der Waals surface area (Å²) in [6.07, 6.45) is 3.20. The van der Waals surface area contributed by atoms with Crippen LogP contribution in [0.3, 0.4) is 0 Å². The molecule has 1 aromatic carbocycles. The molecule has 10 nitrogen and oxygen atoms in total. The minimum Gasteiger partial charge on any atom is -0.497 e. The summed E-state index contributed by atoms with van der Waals surface area (Å²) in [6, 6.07) is 4.61. The maximum Gasteiger partial charge on any atom is 0.262 e. The number of sulfonamides is 1. The molecular weight excluding hydrogens is 478 g/mol. The average Bonchev–Trinajstić information content (AvgIpc) is 3.37. The van der Waals surface area contributed by atoms with Crippen molar-refractivity contribution < 1.29 is 23.2 Å². The molecule has 1 amide bonds. The fourth-order valence-electron chi connectivity index (χ4n) is 3.06. The number of benzene rings is 1. The Morgan fingerprint density at radius 3 is 2.50 bits per heavy atom. The Balaban J connectivity index is 0.00000363. The van der Waals surface area contributed by atoms with Gasteiger partial charge >= 0.3 is 0 Å². The third-order valence-corrected chi connectivity index (χ3v) is 7.26. The summed E-state index contributed by atoms with van der Waals surface area (Å²) >= 11 is 1.38. The molecule has 0 aliphatic carbocycles. The highest BCUT2D eigenvalue weighted by Crippen LogP contribution is 2.25. The van der Waals surface area contributed by atoms with Gasteiger partial charge in [0.15, 0.2) is 0 Å². The summed E-state index contributed by atoms with van der Waals surface area (Å²) in [7, 11) is -0.900. The van der Waals surface area contributed by atoms with Crippen LogP contribution in [0.1, 0.15) is 16.4 Å². The number of methoxy groups -OCH3 is 1. The highest BCUT2D eigenvalue weighted by atomic mass is 35.5. The monoisotopic (exact) mass is 501 g/mol. The van der Waals surface area contributed by atoms with Gasteiger partial charge in [0.05, 0.1) is 41.3 Å². The van der Waals surface area contributed by atoms with E-state index in [1.54, 1.807) is 35.0 Å². The number of imidazole rings is 1. The van der Waals surface area contributed by atoms with E-state index in [1.807, 2.05) is 6.92 Å². The molecule has 1 unspecified atom stereocenters. The van der Waals surface area contributed by atoms with E-state index < -0.39 is 22.0 Å². The van der Waals surface area contributed by atoms with Gasteiger partial charge < -0.3 is 9.30 Å². The normalized spacial score (nSPS) is 12.3. The topological polar surface area (TPSA) is 127 Å². The number of ether oxygens (including phenoxy) is 1. The maximum absolute atomic E-state index is 13.6. The third kappa shape index (κ3) is 5.84. The first kappa shape index (κ1) is 25.7. The van der Waals surface area contributed by atoms with E-state index in [9.17, 15) is 18.4 Å². The van der Waals surface area contributed by atoms with Crippen LogP contribution in [0.4, 0.5) is 0 Å². The van der Waals surface area contributed by atoms with E-state index in [0.29, 0.717) is 17.1 Å². The number of aryl methyl sites for hydroxylation is 2. The number of hydrogen-bond donors (Lipinski definition) is 2. The molecule has 1 atom stereocenters. The molecule has 0 saturated heterocycles. The standard InChI is InChI=1S/C19H23N5O5S2.ClH/c1-13-21-15(11-30-13)10-24(31(27,28)17-6-4-16(29-3)5-7-17)18(19(25)22-26)8-14-9-23(2)12-20-14;/h4-7,9,11-12,18,26H,8,10H2,1-3H3,(H,22,25);1H. The number of carbonyl (C=O) groups is 1. The lowest BCUT2D eigenvalue weighted by Crippen LogP contribution is -2.49. The van der Waals surface area contributed by atoms with Gasteiger partial charge in [0.1, 0.15) is 11.8 Å². The van der Waals surface area contributed by atoms with Gasteiger partial charge in [0, 0.05) is 25.0 Å². The summed E-state index contributed by atoms with van der Waals surface area (Å²) in [5, 5.41) is 11.8. The number of nitrogens with zero attached hydrogens (tertiary/aromatic N) is 4. The smallest absolute Gasteiger partial charge is 0.262 e. The van der Waals surface area contributed by atoms with Crippen molar-refractivity contribution in [3.63, 3.8) is 0 Å². The molecule has 0 aliphatic rings. The molecule has 3 rings (SSSR count). The van der Waals surface area contributed by atoms with Crippen molar-refractivity contribution in [2.24, 2.45) is 7.05 Å². The second-order valence-corrected chi connectivity index (χ2v) is 9.76. The van der Waals surface area contributed by atoms with Gasteiger partial charge in [-0.1, -0.05) is 0 Å². The van der Waals surface area contributed by atoms with Crippen molar-refractivity contribution in [2.75, 3.05) is 7.11 Å². The Morgan fingerprint density at radius 2 is 2.00 bits per heavy atom. The fourth-order valence-corrected chi connectivity index (χ4v) is 5.22. The molecule has 174 valence electrons. The molecular formula is C19H24ClN5O5S2. The fraction of sp³-hybridized carbons (Fsp3) is 0.316. The lowest BCUT2D eigenvalue weighted by Gasteiger charge is -2.28. The van der Waals surface area contributed by atoms with Crippen LogP contribution in [0.5, 0.6) is 5.75 Å². The highest BCUT2D eigenvalue weighted by molar-refractivity contribution is 7.89. The molecule has 0 bridgehead atoms. The molecule has 0 fully saturated rings. The van der Waals surface area contributed by atoms with E-state index in [1.165, 1.54) is 42.7 Å². The Kier molecular flexibility index (Phi) is 8.75. The average molecular weight is 502 g/mol. The predicted molar refractivity (Wildman–Crippen MR) is 120 cm³/mol. The Bertz CT molecular complexity index is 1150. The second-order valence-electron chi connectivity index (χ2n) is 6.81. The van der Waals surface area contributed by atoms with E-state index in [4.69, 9.17) is 4.74 Å². The molecule has 32 heavy (non-hydrogen) atoms. The first-order valence-corrected chi connectivity index (χ1v) is 11.5. The predicted octanol–water partition coefficient (Wildman–Crippen LogP) is 1.92. The van der Waals surface area contributed by atoms with Crippen molar-refractivity contribution in [3.05, 3.63) is 58.6 Å². The molecule has 0 radical (unpaired) electrons. The Labute approximate surface area is 196 Å². The summed E-state index contributed by atoms with van der Waals surface area (Å²) < 4.78 is 35.0. The number of halogens is 1. The molecule has 2 heterocycles. The lowest BCUT2D eigenvalue weighted by atomic mass is 10.1. The van der Waals surface area contributed by atoms with Crippen molar-refractivity contribution in [1.29, 1.82) is 0 Å². The van der Waals surface area contributed by atoms with E-state index in [0.717, 1.165) is 9.31 Å². The maximum atomic E-state index is 13.6. The minimum absolute atomic E-state index is 0. The molecule has 2 N–H and O–H groups in total. The zero-order chi connectivity index (χ0) is 22.6. The number of hydroxylamine groups is 1. The van der Waals surface area contributed by atoms with Gasteiger partial charge in [-0.3, -0.25) is 10.0 Å². The SMILES string of the molecule is COc1ccc(S(=O)(=O)N(Cc2csc(C)n2)C(Cc2cn(C)cn2)C(=O)NO)cc1.Cl. The van der Waals surface area contributed by atoms with Crippen LogP contribution in [0.15, 0.2) is 47.1 Å². The number of aromatic nitrogens is 3. The molecule has 2 aromatic heterocycles. The van der Waals surface area contributed by atoms with Gasteiger partial charge in [-0.05, 0) is 31.2 Å². The van der Waals surface area contributed by atoms with Crippen LogP contribution in [0.2, 0.25) is 0 Å². The van der Waals surface area contributed by atoms with E-state index >= 15 is 0 Å². The van der Waals surface area contributed by atoms with E-state index in [2.05, 4.69) is 9.97 Å². The van der Waals surface area contributed by atoms with Crippen molar-refractivity contribution in [3.8, 4) is 5.75 Å². The van der Waals surface area contributed by atoms with Crippen molar-refractivity contribution in [2.45, 2.75) is 30.8 Å². The zero-order valence-electron chi connectivity index (χ0n) is 17.6. The zero-order valence-corrected chi connectivity index (χ0v) is 20.1. The van der Waals surface area contributed by atoms with Crippen LogP contribution < -0.4 is 10.2 Å². The van der Waals surface area contributed by atoms with Crippen LogP contribution in [-0.2, 0) is 34.8 Å². The summed E-state index contributed by atoms with van der Waals surface area (Å²) in [6.45, 7) is 1.66. The van der Waals surface area contributed by atoms with Gasteiger partial charge in [-0.15, -0.1) is 23.7 Å². The number of carbonyl (C=O) groups excluding carboxylic acids is 1. The number of thiazole rings is 1. The molecule has 0 aliphatic heterocycles. The van der Waals surface area contributed by atoms with Crippen LogP contribution >= 0.6 is 23.7 Å². The van der Waals surface area contributed by atoms with Gasteiger partial charge in [-0.2, -0.15) is 4.31 Å². The number of rotatable bonds is 9. The molecule has 3 aromatic rings. The summed E-state index contributed by atoms with van der Waals surface area (Å²) in [5.41, 5.74) is 2.59. The van der Waals surface area contributed by atoms with E-state index in [-0.39, 0.29) is 30.3 Å². The quantitative estimate of drug-likeness (QED) is 0.339. The van der Waals surface area contributed by atoms with Gasteiger partial charge in [0.25, 0.3) is 5.91 Å². The first-order chi connectivity index (χ1) is 14.7. The summed E-state index contributed by atoms with van der Waals surface area (Å²) in [5.74, 6) is -0.367. The van der Waals surface area contributed by atoms with Gasteiger partial charge in [-0.25, -0.2) is 23.9 Å². The molecule has 13 heteroatoms.